The number of rotatable bonds is 5. The van der Waals surface area contributed by atoms with Gasteiger partial charge in [-0.1, -0.05) is 6.58 Å². The molecule has 0 aromatic heterocycles. The van der Waals surface area contributed by atoms with Gasteiger partial charge < -0.3 is 21.1 Å². The monoisotopic (exact) mass is 475 g/mol. The van der Waals surface area contributed by atoms with Gasteiger partial charge in [0.2, 0.25) is 0 Å². The number of hydrogen-bond donors (Lipinski definition) is 3. The van der Waals surface area contributed by atoms with Crippen molar-refractivity contribution in [2.75, 3.05) is 25.0 Å². The van der Waals surface area contributed by atoms with Gasteiger partial charge in [-0.3, -0.25) is 0 Å². The molecule has 0 aliphatic carbocycles. The van der Waals surface area contributed by atoms with E-state index < -0.39 is 23.1 Å². The molecule has 1 fully saturated rings. The number of nitrogens with zero attached hydrogens (tertiary/aromatic N) is 1. The Labute approximate surface area is 162 Å². The molecular formula is C18H17F3IN3O. The number of hydrogen-bond acceptors (Lipinski definition) is 4. The van der Waals surface area contributed by atoms with E-state index in [1.54, 1.807) is 11.0 Å². The SMILES string of the molecule is C=C(c1ccc(F)c(F)c1Nc1ccc(I)cc1F)N1CC(O)(CN)C1. The van der Waals surface area contributed by atoms with E-state index in [9.17, 15) is 18.3 Å². The molecule has 1 aliphatic heterocycles. The fourth-order valence-electron chi connectivity index (χ4n) is 2.79. The maximum Gasteiger partial charge on any atom is 0.182 e. The second-order valence-electron chi connectivity index (χ2n) is 6.26. The van der Waals surface area contributed by atoms with E-state index in [0.717, 1.165) is 6.07 Å². The Morgan fingerprint density at radius 2 is 1.92 bits per heavy atom. The molecule has 2 aromatic rings. The van der Waals surface area contributed by atoms with E-state index in [1.807, 2.05) is 22.6 Å². The van der Waals surface area contributed by atoms with Gasteiger partial charge in [-0.05, 0) is 52.9 Å². The minimum atomic E-state index is -1.13. The van der Waals surface area contributed by atoms with Crippen LogP contribution < -0.4 is 11.1 Å². The van der Waals surface area contributed by atoms with Crippen molar-refractivity contribution >= 4 is 39.7 Å². The van der Waals surface area contributed by atoms with Crippen molar-refractivity contribution in [1.82, 2.24) is 4.90 Å². The lowest BCUT2D eigenvalue weighted by molar-refractivity contribution is -0.0622. The van der Waals surface area contributed by atoms with Gasteiger partial charge in [0.25, 0.3) is 0 Å². The number of anilines is 2. The van der Waals surface area contributed by atoms with Gasteiger partial charge in [-0.2, -0.15) is 0 Å². The zero-order valence-electron chi connectivity index (χ0n) is 13.7. The molecule has 2 aromatic carbocycles. The molecule has 0 bridgehead atoms. The van der Waals surface area contributed by atoms with Crippen molar-refractivity contribution in [2.24, 2.45) is 5.73 Å². The molecule has 26 heavy (non-hydrogen) atoms. The van der Waals surface area contributed by atoms with Gasteiger partial charge in [-0.25, -0.2) is 13.2 Å². The molecule has 1 aliphatic rings. The number of benzene rings is 2. The van der Waals surface area contributed by atoms with E-state index in [4.69, 9.17) is 5.73 Å². The third-order valence-corrected chi connectivity index (χ3v) is 5.00. The summed E-state index contributed by atoms with van der Waals surface area (Å²) < 4.78 is 43.0. The zero-order chi connectivity index (χ0) is 19.1. The summed E-state index contributed by atoms with van der Waals surface area (Å²) in [5, 5.41) is 12.7. The zero-order valence-corrected chi connectivity index (χ0v) is 15.9. The molecule has 8 heteroatoms. The van der Waals surface area contributed by atoms with Gasteiger partial charge in [0.15, 0.2) is 11.6 Å². The molecule has 0 radical (unpaired) electrons. The molecule has 3 rings (SSSR count). The molecule has 4 nitrogen and oxygen atoms in total. The second-order valence-corrected chi connectivity index (χ2v) is 7.51. The molecule has 0 atom stereocenters. The summed E-state index contributed by atoms with van der Waals surface area (Å²) in [6.07, 6.45) is 0. The van der Waals surface area contributed by atoms with Crippen molar-refractivity contribution in [3.05, 3.63) is 63.5 Å². The number of likely N-dealkylation sites (tertiary alicyclic amines) is 1. The largest absolute Gasteiger partial charge is 0.385 e. The predicted octanol–water partition coefficient (Wildman–Crippen LogP) is 3.43. The minimum Gasteiger partial charge on any atom is -0.385 e. The number of β-amino-alcohol motifs (C(OH)–C–C–N with tert-alkyl or cyclic N) is 1. The average Bonchev–Trinajstić information content (AvgIpc) is 2.57. The lowest BCUT2D eigenvalue weighted by atomic mass is 9.92. The summed E-state index contributed by atoms with van der Waals surface area (Å²) in [6, 6.07) is 6.73. The summed E-state index contributed by atoms with van der Waals surface area (Å²) in [6.45, 7) is 4.47. The van der Waals surface area contributed by atoms with E-state index in [-0.39, 0.29) is 36.6 Å². The molecule has 1 heterocycles. The standard InChI is InChI=1S/C18H17F3IN3O/c1-10(25-8-18(26,7-23)9-25)12-3-4-13(19)16(21)17(12)24-15-5-2-11(22)6-14(15)20/h2-6,24,26H,1,7-9,23H2. The van der Waals surface area contributed by atoms with Gasteiger partial charge >= 0.3 is 0 Å². The first kappa shape index (κ1) is 19.0. The highest BCUT2D eigenvalue weighted by Crippen LogP contribution is 2.36. The predicted molar refractivity (Wildman–Crippen MR) is 103 cm³/mol. The molecule has 0 saturated carbocycles. The highest BCUT2D eigenvalue weighted by molar-refractivity contribution is 14.1. The summed E-state index contributed by atoms with van der Waals surface area (Å²) in [7, 11) is 0. The summed E-state index contributed by atoms with van der Waals surface area (Å²) in [4.78, 5) is 1.70. The van der Waals surface area contributed by atoms with Crippen LogP contribution in [0.4, 0.5) is 24.5 Å². The Balaban J connectivity index is 1.94. The fourth-order valence-corrected chi connectivity index (χ4v) is 3.25. The molecule has 138 valence electrons. The lowest BCUT2D eigenvalue weighted by Crippen LogP contribution is -2.64. The second kappa shape index (κ2) is 7.09. The maximum atomic E-state index is 14.4. The van der Waals surface area contributed by atoms with Crippen LogP contribution in [0.25, 0.3) is 5.70 Å². The average molecular weight is 475 g/mol. The normalized spacial score (nSPS) is 15.5. The van der Waals surface area contributed by atoms with E-state index in [2.05, 4.69) is 11.9 Å². The summed E-state index contributed by atoms with van der Waals surface area (Å²) in [5.74, 6) is -2.77. The number of nitrogens with one attached hydrogen (secondary N) is 1. The van der Waals surface area contributed by atoms with Crippen LogP contribution >= 0.6 is 22.6 Å². The van der Waals surface area contributed by atoms with Crippen LogP contribution in [0.2, 0.25) is 0 Å². The highest BCUT2D eigenvalue weighted by Gasteiger charge is 2.41. The molecule has 1 saturated heterocycles. The first-order valence-corrected chi connectivity index (χ1v) is 8.89. The fraction of sp³-hybridized carbons (Fsp3) is 0.222. The molecular weight excluding hydrogens is 458 g/mol. The Morgan fingerprint density at radius 3 is 2.54 bits per heavy atom. The van der Waals surface area contributed by atoms with Gasteiger partial charge in [0.05, 0.1) is 11.4 Å². The Hall–Kier alpha value is -1.78. The molecule has 0 spiro atoms. The lowest BCUT2D eigenvalue weighted by Gasteiger charge is -2.48. The van der Waals surface area contributed by atoms with Crippen molar-refractivity contribution in [3.8, 4) is 0 Å². The first-order valence-electron chi connectivity index (χ1n) is 7.81. The summed E-state index contributed by atoms with van der Waals surface area (Å²) >= 11 is 1.95. The molecule has 4 N–H and O–H groups in total. The smallest absolute Gasteiger partial charge is 0.182 e. The number of nitrogens with two attached hydrogens (primary N) is 1. The number of aliphatic hydroxyl groups is 1. The van der Waals surface area contributed by atoms with Crippen LogP contribution in [-0.2, 0) is 0 Å². The van der Waals surface area contributed by atoms with Crippen molar-refractivity contribution in [3.63, 3.8) is 0 Å². The maximum absolute atomic E-state index is 14.4. The first-order chi connectivity index (χ1) is 12.2. The van der Waals surface area contributed by atoms with Crippen LogP contribution in [0.3, 0.4) is 0 Å². The van der Waals surface area contributed by atoms with Crippen molar-refractivity contribution < 1.29 is 18.3 Å². The van der Waals surface area contributed by atoms with Gasteiger partial charge in [0, 0.05) is 34.5 Å². The Kier molecular flexibility index (Phi) is 5.18. The van der Waals surface area contributed by atoms with Crippen LogP contribution in [0.5, 0.6) is 0 Å². The van der Waals surface area contributed by atoms with Crippen molar-refractivity contribution in [1.29, 1.82) is 0 Å². The van der Waals surface area contributed by atoms with Gasteiger partial charge in [0.1, 0.15) is 11.4 Å². The Bertz CT molecular complexity index is 869. The van der Waals surface area contributed by atoms with Crippen LogP contribution in [0, 0.1) is 21.0 Å². The molecule has 0 unspecified atom stereocenters. The van der Waals surface area contributed by atoms with Crippen LogP contribution in [-0.4, -0.2) is 35.2 Å². The van der Waals surface area contributed by atoms with Crippen LogP contribution in [0.15, 0.2) is 36.9 Å². The van der Waals surface area contributed by atoms with Crippen molar-refractivity contribution in [2.45, 2.75) is 5.60 Å². The summed E-state index contributed by atoms with van der Waals surface area (Å²) in [5.41, 5.74) is 4.96. The third kappa shape index (κ3) is 3.53. The topological polar surface area (TPSA) is 61.5 Å². The quantitative estimate of drug-likeness (QED) is 0.581. The third-order valence-electron chi connectivity index (χ3n) is 4.33. The van der Waals surface area contributed by atoms with E-state index in [0.29, 0.717) is 9.27 Å². The van der Waals surface area contributed by atoms with E-state index >= 15 is 0 Å². The molecule has 0 amide bonds. The highest BCUT2D eigenvalue weighted by atomic mass is 127. The number of halogens is 4. The minimum absolute atomic E-state index is 0.0195. The Morgan fingerprint density at radius 1 is 1.23 bits per heavy atom. The van der Waals surface area contributed by atoms with E-state index in [1.165, 1.54) is 18.2 Å². The van der Waals surface area contributed by atoms with Crippen LogP contribution in [0.1, 0.15) is 5.56 Å². The van der Waals surface area contributed by atoms with Gasteiger partial charge in [-0.15, -0.1) is 0 Å².